The second-order valence-electron chi connectivity index (χ2n) is 6.33. The molecule has 0 amide bonds. The van der Waals surface area contributed by atoms with Crippen molar-refractivity contribution in [3.05, 3.63) is 40.0 Å². The van der Waals surface area contributed by atoms with Gasteiger partial charge in [0.15, 0.2) is 11.6 Å². The standard InChI is InChI=1S/C19H20ClFO4S/c1-24-19(23)12-3-2-4-14(7-12)25-16-6-5-11(8-15(16)21)18-13(10-22)9-17(20)26-18/h5-6,8-9,12,14,22H,2-4,7,10H2,1H3/t12-,14-/m0/s1. The summed E-state index contributed by atoms with van der Waals surface area (Å²) in [4.78, 5) is 12.5. The lowest BCUT2D eigenvalue weighted by atomic mass is 9.87. The summed E-state index contributed by atoms with van der Waals surface area (Å²) in [7, 11) is 1.38. The van der Waals surface area contributed by atoms with Gasteiger partial charge in [-0.1, -0.05) is 11.6 Å². The van der Waals surface area contributed by atoms with E-state index in [1.807, 2.05) is 0 Å². The smallest absolute Gasteiger partial charge is 0.308 e. The van der Waals surface area contributed by atoms with Crippen molar-refractivity contribution in [1.29, 1.82) is 0 Å². The normalized spacial score (nSPS) is 20.0. The number of carbonyl (C=O) groups excluding carboxylic acids is 1. The van der Waals surface area contributed by atoms with E-state index in [-0.39, 0.29) is 30.3 Å². The van der Waals surface area contributed by atoms with E-state index in [4.69, 9.17) is 21.1 Å². The Bertz CT molecular complexity index is 792. The number of aliphatic hydroxyl groups is 1. The zero-order chi connectivity index (χ0) is 18.7. The van der Waals surface area contributed by atoms with E-state index in [0.29, 0.717) is 21.9 Å². The summed E-state index contributed by atoms with van der Waals surface area (Å²) >= 11 is 7.29. The Morgan fingerprint density at radius 2 is 2.19 bits per heavy atom. The predicted molar refractivity (Wildman–Crippen MR) is 99.0 cm³/mol. The summed E-state index contributed by atoms with van der Waals surface area (Å²) in [6.07, 6.45) is 2.72. The number of methoxy groups -OCH3 is 1. The zero-order valence-electron chi connectivity index (χ0n) is 14.3. The molecule has 0 aliphatic heterocycles. The van der Waals surface area contributed by atoms with Gasteiger partial charge >= 0.3 is 5.97 Å². The fourth-order valence-electron chi connectivity index (χ4n) is 3.31. The van der Waals surface area contributed by atoms with Crippen molar-refractivity contribution < 1.29 is 23.8 Å². The van der Waals surface area contributed by atoms with Gasteiger partial charge in [0, 0.05) is 4.88 Å². The van der Waals surface area contributed by atoms with Gasteiger partial charge in [-0.25, -0.2) is 4.39 Å². The number of halogens is 2. The molecule has 140 valence electrons. The summed E-state index contributed by atoms with van der Waals surface area (Å²) in [6.45, 7) is -0.157. The Balaban J connectivity index is 1.75. The maximum absolute atomic E-state index is 14.5. The third kappa shape index (κ3) is 4.19. The Morgan fingerprint density at radius 3 is 2.88 bits per heavy atom. The molecule has 0 spiro atoms. The van der Waals surface area contributed by atoms with Gasteiger partial charge in [-0.05, 0) is 61.1 Å². The van der Waals surface area contributed by atoms with Crippen LogP contribution < -0.4 is 4.74 Å². The van der Waals surface area contributed by atoms with E-state index in [9.17, 15) is 14.3 Å². The minimum absolute atomic E-state index is 0.157. The lowest BCUT2D eigenvalue weighted by Gasteiger charge is -2.28. The number of carbonyl (C=O) groups is 1. The Morgan fingerprint density at radius 1 is 1.38 bits per heavy atom. The third-order valence-electron chi connectivity index (χ3n) is 4.60. The number of hydrogen-bond donors (Lipinski definition) is 1. The molecule has 1 aliphatic rings. The molecule has 1 aromatic carbocycles. The largest absolute Gasteiger partial charge is 0.487 e. The van der Waals surface area contributed by atoms with E-state index < -0.39 is 5.82 Å². The molecule has 2 aromatic rings. The molecular weight excluding hydrogens is 379 g/mol. The first-order valence-corrected chi connectivity index (χ1v) is 9.64. The van der Waals surface area contributed by atoms with Crippen LogP contribution in [0.4, 0.5) is 4.39 Å². The quantitative estimate of drug-likeness (QED) is 0.734. The second kappa shape index (κ2) is 8.37. The Kier molecular flexibility index (Phi) is 6.16. The fourth-order valence-corrected chi connectivity index (χ4v) is 4.57. The molecule has 1 N–H and O–H groups in total. The van der Waals surface area contributed by atoms with E-state index in [1.54, 1.807) is 18.2 Å². The molecule has 3 rings (SSSR count). The van der Waals surface area contributed by atoms with Crippen molar-refractivity contribution in [3.8, 4) is 16.2 Å². The van der Waals surface area contributed by atoms with Crippen molar-refractivity contribution in [3.63, 3.8) is 0 Å². The van der Waals surface area contributed by atoms with Gasteiger partial charge in [0.05, 0.1) is 30.1 Å². The molecule has 0 radical (unpaired) electrons. The van der Waals surface area contributed by atoms with Crippen LogP contribution in [0.5, 0.6) is 5.75 Å². The lowest BCUT2D eigenvalue weighted by Crippen LogP contribution is -2.30. The molecule has 0 unspecified atom stereocenters. The summed E-state index contributed by atoms with van der Waals surface area (Å²) in [5.41, 5.74) is 1.31. The van der Waals surface area contributed by atoms with E-state index in [0.717, 1.165) is 24.1 Å². The van der Waals surface area contributed by atoms with Gasteiger partial charge in [-0.3, -0.25) is 4.79 Å². The van der Waals surface area contributed by atoms with Crippen LogP contribution in [0.2, 0.25) is 4.34 Å². The summed E-state index contributed by atoms with van der Waals surface area (Å²) < 4.78 is 25.7. The number of thiophene rings is 1. The molecule has 1 aromatic heterocycles. The van der Waals surface area contributed by atoms with Crippen LogP contribution in [0.25, 0.3) is 10.4 Å². The molecule has 1 fully saturated rings. The van der Waals surface area contributed by atoms with Gasteiger partial charge in [0.25, 0.3) is 0 Å². The molecule has 26 heavy (non-hydrogen) atoms. The van der Waals surface area contributed by atoms with Crippen LogP contribution >= 0.6 is 22.9 Å². The highest BCUT2D eigenvalue weighted by atomic mass is 35.5. The Hall–Kier alpha value is -1.63. The van der Waals surface area contributed by atoms with Crippen molar-refractivity contribution in [2.24, 2.45) is 5.92 Å². The molecular formula is C19H20ClFO4S. The minimum Gasteiger partial charge on any atom is -0.487 e. The monoisotopic (exact) mass is 398 g/mol. The van der Waals surface area contributed by atoms with Crippen LogP contribution in [0.1, 0.15) is 31.2 Å². The maximum atomic E-state index is 14.5. The second-order valence-corrected chi connectivity index (χ2v) is 8.02. The van der Waals surface area contributed by atoms with Crippen LogP contribution in [0.15, 0.2) is 24.3 Å². The van der Waals surface area contributed by atoms with Gasteiger partial charge in [-0.2, -0.15) is 0 Å². The first kappa shape index (κ1) is 19.1. The molecule has 0 saturated heterocycles. The number of hydrogen-bond acceptors (Lipinski definition) is 5. The number of aliphatic hydroxyl groups excluding tert-OH is 1. The number of benzene rings is 1. The number of rotatable bonds is 5. The minimum atomic E-state index is -0.476. The molecule has 1 saturated carbocycles. The highest BCUT2D eigenvalue weighted by Crippen LogP contribution is 2.37. The zero-order valence-corrected chi connectivity index (χ0v) is 15.9. The highest BCUT2D eigenvalue weighted by molar-refractivity contribution is 7.19. The fraction of sp³-hybridized carbons (Fsp3) is 0.421. The first-order valence-electron chi connectivity index (χ1n) is 8.45. The third-order valence-corrected chi connectivity index (χ3v) is 5.95. The average molecular weight is 399 g/mol. The summed E-state index contributed by atoms with van der Waals surface area (Å²) in [5.74, 6) is -0.741. The molecule has 4 nitrogen and oxygen atoms in total. The van der Waals surface area contributed by atoms with Gasteiger partial charge < -0.3 is 14.6 Å². The molecule has 1 heterocycles. The van der Waals surface area contributed by atoms with Crippen molar-refractivity contribution in [2.75, 3.05) is 7.11 Å². The van der Waals surface area contributed by atoms with Crippen molar-refractivity contribution in [1.82, 2.24) is 0 Å². The summed E-state index contributed by atoms with van der Waals surface area (Å²) in [5, 5.41) is 9.42. The topological polar surface area (TPSA) is 55.8 Å². The van der Waals surface area contributed by atoms with Crippen LogP contribution in [0.3, 0.4) is 0 Å². The van der Waals surface area contributed by atoms with Gasteiger partial charge in [-0.15, -0.1) is 11.3 Å². The molecule has 7 heteroatoms. The molecule has 1 aliphatic carbocycles. The van der Waals surface area contributed by atoms with Gasteiger partial charge in [0.2, 0.25) is 0 Å². The SMILES string of the molecule is COC(=O)[C@H]1CCC[C@H](Oc2ccc(-c3sc(Cl)cc3CO)cc2F)C1. The average Bonchev–Trinajstić information content (AvgIpc) is 3.04. The van der Waals surface area contributed by atoms with Crippen molar-refractivity contribution >= 4 is 28.9 Å². The van der Waals surface area contributed by atoms with Crippen LogP contribution in [0, 0.1) is 11.7 Å². The molecule has 2 atom stereocenters. The van der Waals surface area contributed by atoms with Crippen molar-refractivity contribution in [2.45, 2.75) is 38.4 Å². The van der Waals surface area contributed by atoms with Crippen LogP contribution in [-0.2, 0) is 16.1 Å². The summed E-state index contributed by atoms with van der Waals surface area (Å²) in [6, 6.07) is 6.40. The highest BCUT2D eigenvalue weighted by Gasteiger charge is 2.29. The maximum Gasteiger partial charge on any atom is 0.308 e. The van der Waals surface area contributed by atoms with E-state index in [2.05, 4.69) is 0 Å². The first-order chi connectivity index (χ1) is 12.5. The number of esters is 1. The van der Waals surface area contributed by atoms with E-state index in [1.165, 1.54) is 24.5 Å². The van der Waals surface area contributed by atoms with E-state index >= 15 is 0 Å². The van der Waals surface area contributed by atoms with Crippen LogP contribution in [-0.4, -0.2) is 24.3 Å². The van der Waals surface area contributed by atoms with Gasteiger partial charge in [0.1, 0.15) is 0 Å². The molecule has 0 bridgehead atoms. The number of ether oxygens (including phenoxy) is 2. The predicted octanol–water partition coefficient (Wildman–Crippen LogP) is 4.81. The Labute approximate surface area is 160 Å². The lowest BCUT2D eigenvalue weighted by molar-refractivity contribution is -0.147.